The van der Waals surface area contributed by atoms with Crippen LogP contribution in [0.1, 0.15) is 46.5 Å². The number of rotatable bonds is 5. The van der Waals surface area contributed by atoms with E-state index in [1.54, 1.807) is 4.90 Å². The number of carbonyl (C=O) groups excluding carboxylic acids is 2. The van der Waals surface area contributed by atoms with Crippen molar-refractivity contribution in [2.24, 2.45) is 5.41 Å². The maximum absolute atomic E-state index is 11.7. The van der Waals surface area contributed by atoms with E-state index in [4.69, 9.17) is 9.47 Å². The molecular formula is C14H25NO4. The fourth-order valence-corrected chi connectivity index (χ4v) is 1.77. The summed E-state index contributed by atoms with van der Waals surface area (Å²) in [4.78, 5) is 25.0. The topological polar surface area (TPSA) is 55.8 Å². The zero-order valence-corrected chi connectivity index (χ0v) is 12.2. The molecule has 19 heavy (non-hydrogen) atoms. The number of esters is 1. The van der Waals surface area contributed by atoms with Crippen molar-refractivity contribution in [2.45, 2.75) is 46.5 Å². The van der Waals surface area contributed by atoms with Gasteiger partial charge in [0, 0.05) is 13.1 Å². The molecule has 0 unspecified atom stereocenters. The molecule has 0 N–H and O–H groups in total. The van der Waals surface area contributed by atoms with E-state index in [0.29, 0.717) is 0 Å². The highest BCUT2D eigenvalue weighted by atomic mass is 16.6. The Labute approximate surface area is 115 Å². The van der Waals surface area contributed by atoms with Crippen LogP contribution in [-0.2, 0) is 14.3 Å². The summed E-state index contributed by atoms with van der Waals surface area (Å²) < 4.78 is 10.2. The van der Waals surface area contributed by atoms with Crippen molar-refractivity contribution in [3.63, 3.8) is 0 Å². The Kier molecular flexibility index (Phi) is 6.12. The predicted molar refractivity (Wildman–Crippen MR) is 71.8 cm³/mol. The smallest absolute Gasteiger partial charge is 0.409 e. The zero-order chi connectivity index (χ0) is 14.3. The van der Waals surface area contributed by atoms with E-state index in [-0.39, 0.29) is 25.3 Å². The first kappa shape index (κ1) is 15.8. The van der Waals surface area contributed by atoms with Crippen LogP contribution < -0.4 is 0 Å². The molecule has 5 nitrogen and oxygen atoms in total. The largest absolute Gasteiger partial charge is 0.462 e. The third-order valence-corrected chi connectivity index (χ3v) is 3.59. The van der Waals surface area contributed by atoms with Crippen molar-refractivity contribution in [1.29, 1.82) is 0 Å². The van der Waals surface area contributed by atoms with Gasteiger partial charge in [-0.1, -0.05) is 6.92 Å². The lowest BCUT2D eigenvalue weighted by molar-refractivity contribution is -0.155. The average molecular weight is 271 g/mol. The minimum atomic E-state index is -0.475. The number of hydrogen-bond donors (Lipinski definition) is 0. The minimum Gasteiger partial charge on any atom is -0.462 e. The normalized spacial score (nSPS) is 16.1. The van der Waals surface area contributed by atoms with Crippen LogP contribution in [0, 0.1) is 5.41 Å². The summed E-state index contributed by atoms with van der Waals surface area (Å²) in [6.07, 6.45) is 3.67. The molecule has 0 spiro atoms. The van der Waals surface area contributed by atoms with E-state index in [1.807, 2.05) is 20.8 Å². The van der Waals surface area contributed by atoms with Crippen LogP contribution in [0.2, 0.25) is 0 Å². The molecule has 1 heterocycles. The number of ether oxygens (including phenoxy) is 2. The highest BCUT2D eigenvalue weighted by molar-refractivity contribution is 5.75. The number of nitrogens with zero attached hydrogens (tertiary/aromatic N) is 1. The van der Waals surface area contributed by atoms with Crippen LogP contribution in [0.5, 0.6) is 0 Å². The third kappa shape index (κ3) is 5.09. The lowest BCUT2D eigenvalue weighted by Gasteiger charge is -2.26. The molecule has 1 saturated heterocycles. The predicted octanol–water partition coefficient (Wildman–Crippen LogP) is 2.59. The molecule has 0 aromatic heterocycles. The van der Waals surface area contributed by atoms with E-state index < -0.39 is 5.41 Å². The molecule has 0 saturated carbocycles. The monoisotopic (exact) mass is 271 g/mol. The van der Waals surface area contributed by atoms with Crippen LogP contribution in [0.25, 0.3) is 0 Å². The van der Waals surface area contributed by atoms with Crippen molar-refractivity contribution in [1.82, 2.24) is 4.90 Å². The van der Waals surface area contributed by atoms with Crippen LogP contribution in [0.3, 0.4) is 0 Å². The fraction of sp³-hybridized carbons (Fsp3) is 0.857. The van der Waals surface area contributed by atoms with Crippen LogP contribution >= 0.6 is 0 Å². The summed E-state index contributed by atoms with van der Waals surface area (Å²) in [6, 6.07) is 0. The summed E-state index contributed by atoms with van der Waals surface area (Å²) in [6.45, 7) is 7.41. The molecule has 0 bridgehead atoms. The Morgan fingerprint density at radius 1 is 1.05 bits per heavy atom. The molecule has 1 aliphatic rings. The van der Waals surface area contributed by atoms with Gasteiger partial charge in [-0.3, -0.25) is 4.79 Å². The Morgan fingerprint density at radius 2 is 1.63 bits per heavy atom. The summed E-state index contributed by atoms with van der Waals surface area (Å²) in [5, 5.41) is 0. The molecule has 0 radical (unpaired) electrons. The van der Waals surface area contributed by atoms with Crippen molar-refractivity contribution < 1.29 is 19.1 Å². The van der Waals surface area contributed by atoms with Gasteiger partial charge in [-0.15, -0.1) is 0 Å². The van der Waals surface area contributed by atoms with E-state index in [2.05, 4.69) is 0 Å². The zero-order valence-electron chi connectivity index (χ0n) is 12.2. The number of piperidine rings is 1. The van der Waals surface area contributed by atoms with Crippen LogP contribution in [0.15, 0.2) is 0 Å². The molecule has 0 aliphatic carbocycles. The quantitative estimate of drug-likeness (QED) is 0.569. The Morgan fingerprint density at radius 3 is 2.21 bits per heavy atom. The van der Waals surface area contributed by atoms with Crippen LogP contribution in [0.4, 0.5) is 4.79 Å². The fourth-order valence-electron chi connectivity index (χ4n) is 1.77. The van der Waals surface area contributed by atoms with Gasteiger partial charge in [0.2, 0.25) is 0 Å². The third-order valence-electron chi connectivity index (χ3n) is 3.59. The van der Waals surface area contributed by atoms with Gasteiger partial charge in [-0.2, -0.15) is 0 Å². The van der Waals surface area contributed by atoms with Gasteiger partial charge >= 0.3 is 12.1 Å². The first-order valence-corrected chi connectivity index (χ1v) is 7.06. The maximum Gasteiger partial charge on any atom is 0.409 e. The van der Waals surface area contributed by atoms with Gasteiger partial charge in [0.1, 0.15) is 13.2 Å². The number of hydrogen-bond acceptors (Lipinski definition) is 4. The van der Waals surface area contributed by atoms with Gasteiger partial charge in [-0.25, -0.2) is 4.79 Å². The SMILES string of the molecule is CCC(C)(C)C(=O)OCCOC(=O)N1CCCCC1. The molecule has 1 rings (SSSR count). The summed E-state index contributed by atoms with van der Waals surface area (Å²) >= 11 is 0. The molecule has 0 aromatic rings. The second-order valence-corrected chi connectivity index (χ2v) is 5.54. The van der Waals surface area contributed by atoms with E-state index >= 15 is 0 Å². The number of likely N-dealkylation sites (tertiary alicyclic amines) is 1. The van der Waals surface area contributed by atoms with Crippen molar-refractivity contribution in [3.05, 3.63) is 0 Å². The summed E-state index contributed by atoms with van der Waals surface area (Å²) in [5.41, 5.74) is -0.475. The van der Waals surface area contributed by atoms with Crippen molar-refractivity contribution >= 4 is 12.1 Å². The first-order chi connectivity index (χ1) is 8.97. The standard InChI is InChI=1S/C14H25NO4/c1-4-14(2,3)12(16)18-10-11-19-13(17)15-8-6-5-7-9-15/h4-11H2,1-3H3. The Hall–Kier alpha value is -1.26. The Balaban J connectivity index is 2.16. The molecular weight excluding hydrogens is 246 g/mol. The van der Waals surface area contributed by atoms with Gasteiger partial charge in [0.05, 0.1) is 5.41 Å². The lowest BCUT2D eigenvalue weighted by Crippen LogP contribution is -2.36. The molecule has 1 amide bonds. The second kappa shape index (κ2) is 7.36. The highest BCUT2D eigenvalue weighted by Crippen LogP contribution is 2.21. The summed E-state index contributed by atoms with van der Waals surface area (Å²) in [7, 11) is 0. The Bertz CT molecular complexity index is 309. The van der Waals surface area contributed by atoms with E-state index in [0.717, 1.165) is 32.4 Å². The number of amides is 1. The number of carbonyl (C=O) groups is 2. The molecule has 1 aliphatic heterocycles. The maximum atomic E-state index is 11.7. The molecule has 0 aromatic carbocycles. The molecule has 0 atom stereocenters. The molecule has 1 fully saturated rings. The molecule has 5 heteroatoms. The van der Waals surface area contributed by atoms with Gasteiger partial charge in [0.15, 0.2) is 0 Å². The van der Waals surface area contributed by atoms with E-state index in [1.165, 1.54) is 6.42 Å². The average Bonchev–Trinajstić information content (AvgIpc) is 2.43. The second-order valence-electron chi connectivity index (χ2n) is 5.54. The first-order valence-electron chi connectivity index (χ1n) is 7.06. The van der Waals surface area contributed by atoms with Gasteiger partial charge in [0.25, 0.3) is 0 Å². The van der Waals surface area contributed by atoms with Gasteiger partial charge < -0.3 is 14.4 Å². The van der Waals surface area contributed by atoms with Gasteiger partial charge in [-0.05, 0) is 39.5 Å². The summed E-state index contributed by atoms with van der Waals surface area (Å²) in [5.74, 6) is -0.246. The van der Waals surface area contributed by atoms with Crippen molar-refractivity contribution in [2.75, 3.05) is 26.3 Å². The van der Waals surface area contributed by atoms with E-state index in [9.17, 15) is 9.59 Å². The lowest BCUT2D eigenvalue weighted by atomic mass is 9.91. The molecule has 110 valence electrons. The van der Waals surface area contributed by atoms with Crippen LogP contribution in [-0.4, -0.2) is 43.3 Å². The minimum absolute atomic E-state index is 0.126. The highest BCUT2D eigenvalue weighted by Gasteiger charge is 2.27. The van der Waals surface area contributed by atoms with Crippen molar-refractivity contribution in [3.8, 4) is 0 Å².